The number of alkyl carbamates (subject to hydrolysis) is 1. The van der Waals surface area contributed by atoms with Crippen molar-refractivity contribution in [2.75, 3.05) is 18.1 Å². The van der Waals surface area contributed by atoms with Crippen molar-refractivity contribution in [2.45, 2.75) is 12.7 Å². The number of amides is 1. The molecule has 1 rings (SSSR count). The van der Waals surface area contributed by atoms with E-state index in [4.69, 9.17) is 9.47 Å². The van der Waals surface area contributed by atoms with Gasteiger partial charge >= 0.3 is 6.09 Å². The van der Waals surface area contributed by atoms with Crippen molar-refractivity contribution in [3.8, 4) is 0 Å². The summed E-state index contributed by atoms with van der Waals surface area (Å²) in [5, 5.41) is 2.66. The third-order valence-corrected chi connectivity index (χ3v) is 3.17. The number of methoxy groups -OCH3 is 1. The Hall–Kier alpha value is -0.820. The summed E-state index contributed by atoms with van der Waals surface area (Å²) in [5.41, 5.74) is 0.972. The summed E-state index contributed by atoms with van der Waals surface area (Å²) in [4.78, 5) is 11.4. The number of nitrogens with one attached hydrogen (secondary N) is 1. The Labute approximate surface area is 115 Å². The highest BCUT2D eigenvalue weighted by Gasteiger charge is 2.08. The van der Waals surface area contributed by atoms with Crippen LogP contribution in [0.3, 0.4) is 0 Å². The molecule has 0 spiro atoms. The van der Waals surface area contributed by atoms with E-state index in [2.05, 4.69) is 27.9 Å². The number of carbonyl (C=O) groups is 1. The molecular formula is C12H16INO3. The molecule has 4 nitrogen and oxygen atoms in total. The average molecular weight is 349 g/mol. The fraction of sp³-hybridized carbons (Fsp3) is 0.417. The van der Waals surface area contributed by atoms with Crippen LogP contribution in [0.2, 0.25) is 0 Å². The Bertz CT molecular complexity index is 328. The molecule has 0 aromatic heterocycles. The van der Waals surface area contributed by atoms with Gasteiger partial charge in [0.2, 0.25) is 0 Å². The molecule has 0 saturated heterocycles. The monoisotopic (exact) mass is 349 g/mol. The highest BCUT2D eigenvalue weighted by Crippen LogP contribution is 2.00. The van der Waals surface area contributed by atoms with Gasteiger partial charge in [0.1, 0.15) is 6.61 Å². The van der Waals surface area contributed by atoms with Crippen molar-refractivity contribution in [3.05, 3.63) is 35.9 Å². The Morgan fingerprint density at radius 3 is 2.71 bits per heavy atom. The fourth-order valence-electron chi connectivity index (χ4n) is 1.17. The molecule has 17 heavy (non-hydrogen) atoms. The van der Waals surface area contributed by atoms with Gasteiger partial charge in [0, 0.05) is 18.1 Å². The fourth-order valence-corrected chi connectivity index (χ4v) is 1.84. The van der Waals surface area contributed by atoms with Crippen LogP contribution in [-0.4, -0.2) is 30.3 Å². The molecule has 1 amide bonds. The van der Waals surface area contributed by atoms with E-state index in [1.54, 1.807) is 7.11 Å². The van der Waals surface area contributed by atoms with Crippen LogP contribution in [-0.2, 0) is 16.1 Å². The van der Waals surface area contributed by atoms with Gasteiger partial charge in [-0.15, -0.1) is 0 Å². The number of ether oxygens (including phenoxy) is 2. The zero-order chi connectivity index (χ0) is 12.5. The molecule has 0 fully saturated rings. The van der Waals surface area contributed by atoms with Crippen molar-refractivity contribution < 1.29 is 14.3 Å². The molecule has 0 radical (unpaired) electrons. The van der Waals surface area contributed by atoms with E-state index in [1.807, 2.05) is 30.3 Å². The van der Waals surface area contributed by atoms with E-state index in [0.29, 0.717) is 6.54 Å². The Morgan fingerprint density at radius 1 is 1.41 bits per heavy atom. The highest BCUT2D eigenvalue weighted by molar-refractivity contribution is 14.1. The van der Waals surface area contributed by atoms with Gasteiger partial charge in [0.15, 0.2) is 0 Å². The van der Waals surface area contributed by atoms with Crippen LogP contribution >= 0.6 is 22.6 Å². The van der Waals surface area contributed by atoms with Crippen LogP contribution in [0.25, 0.3) is 0 Å². The first kappa shape index (κ1) is 14.2. The first-order chi connectivity index (χ1) is 8.26. The minimum Gasteiger partial charge on any atom is -0.445 e. The maximum atomic E-state index is 11.4. The van der Waals surface area contributed by atoms with E-state index in [9.17, 15) is 4.79 Å². The lowest BCUT2D eigenvalue weighted by atomic mass is 10.2. The molecule has 1 unspecified atom stereocenters. The maximum Gasteiger partial charge on any atom is 0.407 e. The van der Waals surface area contributed by atoms with Crippen LogP contribution in [0, 0.1) is 0 Å². The van der Waals surface area contributed by atoms with Crippen LogP contribution < -0.4 is 5.32 Å². The van der Waals surface area contributed by atoms with Crippen molar-refractivity contribution in [3.63, 3.8) is 0 Å². The molecule has 1 aromatic rings. The molecule has 0 aliphatic heterocycles. The number of hydrogen-bond donors (Lipinski definition) is 1. The van der Waals surface area contributed by atoms with Crippen molar-refractivity contribution in [1.29, 1.82) is 0 Å². The minimum absolute atomic E-state index is 0.0277. The summed E-state index contributed by atoms with van der Waals surface area (Å²) < 4.78 is 11.0. The van der Waals surface area contributed by atoms with Gasteiger partial charge in [0.25, 0.3) is 0 Å². The molecule has 5 heteroatoms. The van der Waals surface area contributed by atoms with Crippen LogP contribution in [0.5, 0.6) is 0 Å². The third-order valence-electron chi connectivity index (χ3n) is 2.19. The Kier molecular flexibility index (Phi) is 6.95. The summed E-state index contributed by atoms with van der Waals surface area (Å²) in [5.74, 6) is 0. The van der Waals surface area contributed by atoms with Gasteiger partial charge < -0.3 is 14.8 Å². The summed E-state index contributed by atoms with van der Waals surface area (Å²) in [6.45, 7) is 0.752. The zero-order valence-electron chi connectivity index (χ0n) is 9.69. The smallest absolute Gasteiger partial charge is 0.407 e. The molecule has 1 N–H and O–H groups in total. The van der Waals surface area contributed by atoms with Gasteiger partial charge in [-0.2, -0.15) is 0 Å². The number of halogens is 1. The van der Waals surface area contributed by atoms with E-state index >= 15 is 0 Å². The van der Waals surface area contributed by atoms with Gasteiger partial charge in [-0.05, 0) is 5.56 Å². The summed E-state index contributed by atoms with van der Waals surface area (Å²) >= 11 is 2.21. The normalized spacial score (nSPS) is 11.9. The van der Waals surface area contributed by atoms with E-state index < -0.39 is 6.09 Å². The van der Waals surface area contributed by atoms with Gasteiger partial charge in [-0.3, -0.25) is 0 Å². The molecule has 1 atom stereocenters. The van der Waals surface area contributed by atoms with Crippen molar-refractivity contribution >= 4 is 28.7 Å². The van der Waals surface area contributed by atoms with Crippen LogP contribution in [0.1, 0.15) is 5.56 Å². The summed E-state index contributed by atoms with van der Waals surface area (Å²) in [6.07, 6.45) is -0.388. The second-order valence-corrected chi connectivity index (χ2v) is 4.34. The zero-order valence-corrected chi connectivity index (χ0v) is 11.8. The highest BCUT2D eigenvalue weighted by atomic mass is 127. The molecule has 0 aliphatic carbocycles. The van der Waals surface area contributed by atoms with Crippen molar-refractivity contribution in [1.82, 2.24) is 5.32 Å². The third kappa shape index (κ3) is 5.88. The number of hydrogen-bond acceptors (Lipinski definition) is 3. The minimum atomic E-state index is -0.416. The number of benzene rings is 1. The molecule has 0 aliphatic rings. The lowest BCUT2D eigenvalue weighted by Gasteiger charge is -2.13. The SMILES string of the molecule is COC(CI)CNC(=O)OCc1ccccc1. The molecule has 0 bridgehead atoms. The lowest BCUT2D eigenvalue weighted by molar-refractivity contribution is 0.108. The topological polar surface area (TPSA) is 47.6 Å². The number of carbonyl (C=O) groups excluding carboxylic acids is 1. The lowest BCUT2D eigenvalue weighted by Crippen LogP contribution is -2.34. The predicted molar refractivity (Wildman–Crippen MR) is 74.3 cm³/mol. The van der Waals surface area contributed by atoms with Gasteiger partial charge in [0.05, 0.1) is 6.10 Å². The number of alkyl halides is 1. The van der Waals surface area contributed by atoms with E-state index in [0.717, 1.165) is 9.99 Å². The Morgan fingerprint density at radius 2 is 2.12 bits per heavy atom. The summed E-state index contributed by atoms with van der Waals surface area (Å²) in [7, 11) is 1.63. The average Bonchev–Trinajstić information content (AvgIpc) is 2.39. The van der Waals surface area contributed by atoms with Crippen LogP contribution in [0.4, 0.5) is 4.79 Å². The molecule has 0 saturated carbocycles. The molecule has 1 aromatic carbocycles. The second kappa shape index (κ2) is 8.30. The standard InChI is InChI=1S/C12H16INO3/c1-16-11(7-13)8-14-12(15)17-9-10-5-3-2-4-6-10/h2-6,11H,7-9H2,1H3,(H,14,15). The first-order valence-corrected chi connectivity index (χ1v) is 6.82. The van der Waals surface area contributed by atoms with Gasteiger partial charge in [-0.25, -0.2) is 4.79 Å². The molecule has 94 valence electrons. The predicted octanol–water partition coefficient (Wildman–Crippen LogP) is 2.36. The van der Waals surface area contributed by atoms with Crippen molar-refractivity contribution in [2.24, 2.45) is 0 Å². The maximum absolute atomic E-state index is 11.4. The Balaban J connectivity index is 2.22. The first-order valence-electron chi connectivity index (χ1n) is 5.29. The number of rotatable bonds is 6. The van der Waals surface area contributed by atoms with Gasteiger partial charge in [-0.1, -0.05) is 52.9 Å². The molecular weight excluding hydrogens is 333 g/mol. The largest absolute Gasteiger partial charge is 0.445 e. The second-order valence-electron chi connectivity index (χ2n) is 3.45. The van der Waals surface area contributed by atoms with E-state index in [1.165, 1.54) is 0 Å². The van der Waals surface area contributed by atoms with E-state index in [-0.39, 0.29) is 12.7 Å². The van der Waals surface area contributed by atoms with Crippen LogP contribution in [0.15, 0.2) is 30.3 Å². The quantitative estimate of drug-likeness (QED) is 0.634. The summed E-state index contributed by atoms with van der Waals surface area (Å²) in [6, 6.07) is 9.57. The molecule has 0 heterocycles.